The molecular formula is C24H34N4O15. The van der Waals surface area contributed by atoms with Gasteiger partial charge in [0.15, 0.2) is 36.6 Å². The van der Waals surface area contributed by atoms with Crippen LogP contribution >= 0.6 is 0 Å². The first-order valence-electron chi connectivity index (χ1n) is 12.9. The zero-order valence-electron chi connectivity index (χ0n) is 24.2. The number of hydrogen-bond donors (Lipinski definition) is 1. The van der Waals surface area contributed by atoms with Crippen molar-refractivity contribution in [1.29, 1.82) is 0 Å². The summed E-state index contributed by atoms with van der Waals surface area (Å²) in [6.07, 6.45) is -15.1. The van der Waals surface area contributed by atoms with E-state index >= 15 is 0 Å². The van der Waals surface area contributed by atoms with Crippen LogP contribution in [-0.2, 0) is 71.4 Å². The van der Waals surface area contributed by atoms with Gasteiger partial charge in [0.05, 0.1) is 6.54 Å². The van der Waals surface area contributed by atoms with Crippen molar-refractivity contribution in [1.82, 2.24) is 0 Å². The molecular weight excluding hydrogens is 584 g/mol. The predicted molar refractivity (Wildman–Crippen MR) is 135 cm³/mol. The Bertz CT molecular complexity index is 1110. The summed E-state index contributed by atoms with van der Waals surface area (Å²) in [6.45, 7) is 5.50. The molecule has 2 N–H and O–H groups in total. The van der Waals surface area contributed by atoms with Crippen molar-refractivity contribution in [3.63, 3.8) is 0 Å². The van der Waals surface area contributed by atoms with Crippen LogP contribution in [0.25, 0.3) is 10.4 Å². The van der Waals surface area contributed by atoms with E-state index in [0.717, 1.165) is 41.5 Å². The van der Waals surface area contributed by atoms with Crippen LogP contribution in [0.2, 0.25) is 0 Å². The summed E-state index contributed by atoms with van der Waals surface area (Å²) in [7, 11) is 0. The number of ether oxygens (including phenoxy) is 9. The molecule has 0 aromatic carbocycles. The Morgan fingerprint density at radius 2 is 0.930 bits per heavy atom. The molecule has 10 atom stereocenters. The van der Waals surface area contributed by atoms with Gasteiger partial charge in [-0.25, -0.2) is 0 Å². The van der Waals surface area contributed by atoms with E-state index in [0.29, 0.717) is 0 Å². The lowest BCUT2D eigenvalue weighted by Crippen LogP contribution is -2.67. The van der Waals surface area contributed by atoms with E-state index < -0.39 is 104 Å². The highest BCUT2D eigenvalue weighted by Gasteiger charge is 2.57. The molecule has 0 amide bonds. The fourth-order valence-electron chi connectivity index (χ4n) is 4.52. The van der Waals surface area contributed by atoms with Crippen LogP contribution in [0.4, 0.5) is 0 Å². The normalized spacial score (nSPS) is 31.8. The van der Waals surface area contributed by atoms with Crippen LogP contribution in [-0.4, -0.2) is 110 Å². The Hall–Kier alpha value is -4.03. The molecule has 2 saturated heterocycles. The summed E-state index contributed by atoms with van der Waals surface area (Å²) in [5, 5.41) is 3.43. The highest BCUT2D eigenvalue weighted by molar-refractivity contribution is 5.69. The van der Waals surface area contributed by atoms with Gasteiger partial charge in [-0.2, -0.15) is 0 Å². The maximum atomic E-state index is 12.1. The summed E-state index contributed by atoms with van der Waals surface area (Å²) in [6, 6.07) is 0. The van der Waals surface area contributed by atoms with E-state index in [1.54, 1.807) is 0 Å². The van der Waals surface area contributed by atoms with Crippen molar-refractivity contribution in [3.05, 3.63) is 10.4 Å². The lowest BCUT2D eigenvalue weighted by Gasteiger charge is -2.48. The molecule has 0 spiro atoms. The number of hydrogen-bond acceptors (Lipinski definition) is 17. The largest absolute Gasteiger partial charge is 0.456 e. The Morgan fingerprint density at radius 3 is 1.28 bits per heavy atom. The van der Waals surface area contributed by atoms with Gasteiger partial charge in [0.2, 0.25) is 12.6 Å². The molecule has 2 heterocycles. The number of carbonyl (C=O) groups is 6. The highest BCUT2D eigenvalue weighted by atomic mass is 16.8. The van der Waals surface area contributed by atoms with Gasteiger partial charge < -0.3 is 48.4 Å². The molecule has 43 heavy (non-hydrogen) atoms. The molecule has 0 aromatic heterocycles. The third-order valence-corrected chi connectivity index (χ3v) is 5.82. The van der Waals surface area contributed by atoms with Gasteiger partial charge in [-0.05, 0) is 5.53 Å². The zero-order chi connectivity index (χ0) is 32.4. The van der Waals surface area contributed by atoms with Crippen LogP contribution in [0.3, 0.4) is 0 Å². The molecule has 0 saturated carbocycles. The van der Waals surface area contributed by atoms with Crippen LogP contribution in [0.1, 0.15) is 41.5 Å². The molecule has 2 aliphatic rings. The minimum atomic E-state index is -1.75. The van der Waals surface area contributed by atoms with Crippen LogP contribution < -0.4 is 5.73 Å². The van der Waals surface area contributed by atoms with Gasteiger partial charge in [-0.3, -0.25) is 28.8 Å². The number of nitrogens with zero attached hydrogens (tertiary/aromatic N) is 3. The summed E-state index contributed by atoms with van der Waals surface area (Å²) >= 11 is 0. The maximum Gasteiger partial charge on any atom is 0.303 e. The van der Waals surface area contributed by atoms with Crippen molar-refractivity contribution in [3.8, 4) is 0 Å². The van der Waals surface area contributed by atoms with Crippen LogP contribution in [0.5, 0.6) is 0 Å². The molecule has 19 nitrogen and oxygen atoms in total. The van der Waals surface area contributed by atoms with Crippen LogP contribution in [0.15, 0.2) is 5.11 Å². The molecule has 2 aliphatic heterocycles. The molecule has 0 unspecified atom stereocenters. The minimum absolute atomic E-state index is 0.314. The summed E-state index contributed by atoms with van der Waals surface area (Å²) in [4.78, 5) is 74.7. The molecule has 240 valence electrons. The fraction of sp³-hybridized carbons (Fsp3) is 0.750. The zero-order valence-corrected chi connectivity index (χ0v) is 24.2. The van der Waals surface area contributed by atoms with Crippen molar-refractivity contribution in [2.24, 2.45) is 10.8 Å². The molecule has 0 aromatic rings. The van der Waals surface area contributed by atoms with Crippen molar-refractivity contribution < 1.29 is 71.4 Å². The molecule has 0 bridgehead atoms. The highest BCUT2D eigenvalue weighted by Crippen LogP contribution is 2.35. The Morgan fingerprint density at radius 1 is 0.605 bits per heavy atom. The first-order valence-corrected chi connectivity index (χ1v) is 12.9. The third kappa shape index (κ3) is 10.0. The first kappa shape index (κ1) is 35.2. The molecule has 0 radical (unpaired) electrons. The number of nitrogens with two attached hydrogens (primary N) is 1. The molecule has 2 fully saturated rings. The smallest absolute Gasteiger partial charge is 0.303 e. The summed E-state index contributed by atoms with van der Waals surface area (Å²) in [5.41, 5.74) is 14.7. The standard InChI is InChI=1S/C24H34N4O15/c1-9(29)35-17-15(7-25)41-23(21(39-13(5)33)19(17)37-11(3)31)43-24-22(40-14(6)34)20(38-12(4)32)18(36-10(2)30)16(42-24)8-27-28-26/h15-24H,7-8,25H2,1-6H3/t15-,16-,17-,18-,19+,20+,21-,22-,23-,24-/m1/s1. The Balaban J connectivity index is 2.63. The average Bonchev–Trinajstić information content (AvgIpc) is 2.88. The number of carbonyl (C=O) groups excluding carboxylic acids is 6. The predicted octanol–water partition coefficient (Wildman–Crippen LogP) is -0.688. The third-order valence-electron chi connectivity index (χ3n) is 5.82. The average molecular weight is 619 g/mol. The first-order chi connectivity index (χ1) is 20.2. The van der Waals surface area contributed by atoms with Gasteiger partial charge in [0.1, 0.15) is 12.2 Å². The van der Waals surface area contributed by atoms with Gasteiger partial charge in [-0.1, -0.05) is 5.11 Å². The minimum Gasteiger partial charge on any atom is -0.456 e. The van der Waals surface area contributed by atoms with Crippen molar-refractivity contribution >= 4 is 35.8 Å². The van der Waals surface area contributed by atoms with Crippen LogP contribution in [0, 0.1) is 0 Å². The van der Waals surface area contributed by atoms with E-state index in [2.05, 4.69) is 10.0 Å². The molecule has 0 aliphatic carbocycles. The van der Waals surface area contributed by atoms with Crippen molar-refractivity contribution in [2.45, 2.75) is 103 Å². The SMILES string of the molecule is CC(=O)O[C@@H]1[C@@H](OC(C)=O)[C@@H](O[C@H]2O[C@H](CN=[N+]=[N-])[C@@H](OC(C)=O)[C@H](OC(C)=O)[C@H]2OC(C)=O)O[C@H](CN)[C@H]1OC(C)=O. The topological polar surface area (TPSA) is 260 Å². The monoisotopic (exact) mass is 618 g/mol. The van der Waals surface area contributed by atoms with Crippen molar-refractivity contribution in [2.75, 3.05) is 13.1 Å². The molecule has 19 heteroatoms. The number of rotatable bonds is 11. The van der Waals surface area contributed by atoms with E-state index in [4.69, 9.17) is 53.9 Å². The second-order valence-electron chi connectivity index (χ2n) is 9.32. The second kappa shape index (κ2) is 16.0. The Labute approximate surface area is 245 Å². The maximum absolute atomic E-state index is 12.1. The fourth-order valence-corrected chi connectivity index (χ4v) is 4.52. The Kier molecular flexibility index (Phi) is 13.1. The quantitative estimate of drug-likeness (QED) is 0.0987. The second-order valence-corrected chi connectivity index (χ2v) is 9.32. The lowest BCUT2D eigenvalue weighted by atomic mass is 9.96. The van der Waals surface area contributed by atoms with E-state index in [9.17, 15) is 28.8 Å². The number of azide groups is 1. The van der Waals surface area contributed by atoms with E-state index in [-0.39, 0.29) is 6.54 Å². The lowest BCUT2D eigenvalue weighted by molar-refractivity contribution is -0.373. The summed E-state index contributed by atoms with van der Waals surface area (Å²) < 4.78 is 49.7. The van der Waals surface area contributed by atoms with E-state index in [1.165, 1.54) is 0 Å². The summed E-state index contributed by atoms with van der Waals surface area (Å²) in [5.74, 6) is -5.15. The number of esters is 6. The van der Waals surface area contributed by atoms with Gasteiger partial charge in [0, 0.05) is 53.0 Å². The van der Waals surface area contributed by atoms with E-state index in [1.807, 2.05) is 0 Å². The van der Waals surface area contributed by atoms with Gasteiger partial charge >= 0.3 is 35.8 Å². The van der Waals surface area contributed by atoms with Gasteiger partial charge in [0.25, 0.3) is 0 Å². The molecule has 2 rings (SSSR count). The van der Waals surface area contributed by atoms with Gasteiger partial charge in [-0.15, -0.1) is 0 Å².